The van der Waals surface area contributed by atoms with Crippen molar-refractivity contribution in [3.05, 3.63) is 52.5 Å². The largest absolute Gasteiger partial charge is 0.416 e. The molecule has 0 unspecified atom stereocenters. The molecule has 1 aliphatic rings. The van der Waals surface area contributed by atoms with Crippen LogP contribution in [0.1, 0.15) is 28.2 Å². The Kier molecular flexibility index (Phi) is 3.52. The van der Waals surface area contributed by atoms with E-state index in [1.54, 1.807) is 17.8 Å². The summed E-state index contributed by atoms with van der Waals surface area (Å²) in [5, 5.41) is 0. The van der Waals surface area contributed by atoms with E-state index in [1.165, 1.54) is 6.07 Å². The Hall–Kier alpha value is -1.76. The fourth-order valence-electron chi connectivity index (χ4n) is 2.25. The molecule has 21 heavy (non-hydrogen) atoms. The number of hydrogen-bond donors (Lipinski definition) is 1. The van der Waals surface area contributed by atoms with Crippen molar-refractivity contribution in [3.8, 4) is 0 Å². The van der Waals surface area contributed by atoms with Crippen molar-refractivity contribution >= 4 is 17.6 Å². The summed E-state index contributed by atoms with van der Waals surface area (Å²) in [6, 6.07) is 5.21. The van der Waals surface area contributed by atoms with Crippen LogP contribution >= 0.6 is 11.8 Å². The maximum atomic E-state index is 12.7. The molecule has 0 saturated carbocycles. The Morgan fingerprint density at radius 1 is 1.19 bits per heavy atom. The van der Waals surface area contributed by atoms with E-state index < -0.39 is 11.7 Å². The first-order valence-electron chi connectivity index (χ1n) is 6.31. The number of halogens is 3. The Balaban J connectivity index is 1.89. The first kappa shape index (κ1) is 14.2. The third kappa shape index (κ3) is 2.97. The van der Waals surface area contributed by atoms with Crippen molar-refractivity contribution in [2.24, 2.45) is 0 Å². The second-order valence-electron chi connectivity index (χ2n) is 4.82. The van der Waals surface area contributed by atoms with Gasteiger partial charge in [0.1, 0.15) is 11.6 Å². The van der Waals surface area contributed by atoms with E-state index >= 15 is 0 Å². The number of alkyl halides is 3. The van der Waals surface area contributed by atoms with Crippen molar-refractivity contribution in [1.82, 2.24) is 9.97 Å². The van der Waals surface area contributed by atoms with E-state index in [9.17, 15) is 13.2 Å². The van der Waals surface area contributed by atoms with Gasteiger partial charge in [-0.05, 0) is 11.6 Å². The summed E-state index contributed by atoms with van der Waals surface area (Å²) in [4.78, 5) is 8.61. The summed E-state index contributed by atoms with van der Waals surface area (Å²) in [5.74, 6) is 2.47. The van der Waals surface area contributed by atoms with Gasteiger partial charge in [-0.2, -0.15) is 24.9 Å². The third-order valence-corrected chi connectivity index (χ3v) is 4.24. The number of fused-ring (bicyclic) bond motifs is 1. The lowest BCUT2D eigenvalue weighted by Gasteiger charge is -2.09. The summed E-state index contributed by atoms with van der Waals surface area (Å²) in [6.45, 7) is 0. The number of anilines is 1. The minimum atomic E-state index is -4.34. The summed E-state index contributed by atoms with van der Waals surface area (Å²) in [6.07, 6.45) is -4.10. The lowest BCUT2D eigenvalue weighted by molar-refractivity contribution is -0.137. The van der Waals surface area contributed by atoms with Gasteiger partial charge in [-0.3, -0.25) is 0 Å². The number of thioether (sulfide) groups is 1. The van der Waals surface area contributed by atoms with Gasteiger partial charge in [0.2, 0.25) is 0 Å². The van der Waals surface area contributed by atoms with Crippen LogP contribution in [-0.4, -0.2) is 9.97 Å². The molecule has 7 heteroatoms. The molecular formula is C14H12F3N3S. The number of benzene rings is 1. The normalized spacial score (nSPS) is 14.2. The average Bonchev–Trinajstić information content (AvgIpc) is 2.87. The van der Waals surface area contributed by atoms with Crippen molar-refractivity contribution in [2.75, 3.05) is 5.73 Å². The molecule has 3 rings (SSSR count). The van der Waals surface area contributed by atoms with Crippen LogP contribution in [0.3, 0.4) is 0 Å². The summed E-state index contributed by atoms with van der Waals surface area (Å²) in [7, 11) is 0. The van der Waals surface area contributed by atoms with Crippen LogP contribution in [0.5, 0.6) is 0 Å². The Bertz CT molecular complexity index is 686. The molecule has 0 spiro atoms. The van der Waals surface area contributed by atoms with Crippen LogP contribution < -0.4 is 5.73 Å². The first-order chi connectivity index (χ1) is 9.93. The number of hydrogen-bond acceptors (Lipinski definition) is 4. The Labute approximate surface area is 123 Å². The molecule has 110 valence electrons. The minimum Gasteiger partial charge on any atom is -0.383 e. The van der Waals surface area contributed by atoms with Gasteiger partial charge >= 0.3 is 6.18 Å². The summed E-state index contributed by atoms with van der Waals surface area (Å²) < 4.78 is 38.1. The predicted octanol–water partition coefficient (Wildman–Crippen LogP) is 3.42. The fraction of sp³-hybridized carbons (Fsp3) is 0.286. The van der Waals surface area contributed by atoms with E-state index in [4.69, 9.17) is 5.73 Å². The smallest absolute Gasteiger partial charge is 0.383 e. The van der Waals surface area contributed by atoms with Crippen LogP contribution in [-0.2, 0) is 24.1 Å². The molecule has 0 radical (unpaired) electrons. The molecule has 1 aromatic heterocycles. The SMILES string of the molecule is Nc1nc(Cc2cccc(C(F)(F)F)c2)nc2c1CSC2. The lowest BCUT2D eigenvalue weighted by Crippen LogP contribution is -2.08. The van der Waals surface area contributed by atoms with Gasteiger partial charge in [-0.15, -0.1) is 0 Å². The highest BCUT2D eigenvalue weighted by molar-refractivity contribution is 7.98. The molecule has 0 aliphatic carbocycles. The Morgan fingerprint density at radius 3 is 2.76 bits per heavy atom. The molecule has 0 bridgehead atoms. The maximum absolute atomic E-state index is 12.7. The van der Waals surface area contributed by atoms with Gasteiger partial charge in [-0.1, -0.05) is 18.2 Å². The second kappa shape index (κ2) is 5.22. The van der Waals surface area contributed by atoms with E-state index in [1.807, 2.05) is 0 Å². The minimum absolute atomic E-state index is 0.242. The maximum Gasteiger partial charge on any atom is 0.416 e. The molecular weight excluding hydrogens is 299 g/mol. The third-order valence-electron chi connectivity index (χ3n) is 3.27. The van der Waals surface area contributed by atoms with Gasteiger partial charge in [0.25, 0.3) is 0 Å². The molecule has 0 fully saturated rings. The van der Waals surface area contributed by atoms with Gasteiger partial charge in [0, 0.05) is 23.5 Å². The number of aromatic nitrogens is 2. The monoisotopic (exact) mass is 311 g/mol. The zero-order valence-electron chi connectivity index (χ0n) is 10.9. The lowest BCUT2D eigenvalue weighted by atomic mass is 10.1. The van der Waals surface area contributed by atoms with Crippen molar-refractivity contribution in [2.45, 2.75) is 24.1 Å². The first-order valence-corrected chi connectivity index (χ1v) is 7.47. The Morgan fingerprint density at radius 2 is 2.00 bits per heavy atom. The van der Waals surface area contributed by atoms with Crippen LogP contribution in [0.2, 0.25) is 0 Å². The highest BCUT2D eigenvalue weighted by Crippen LogP contribution is 2.32. The standard InChI is InChI=1S/C14H12F3N3S/c15-14(16,17)9-3-1-2-8(4-9)5-12-19-11-7-21-6-10(11)13(18)20-12/h1-4H,5-7H2,(H2,18,19,20). The molecule has 1 aromatic carbocycles. The molecule has 1 aliphatic heterocycles. The van der Waals surface area contributed by atoms with E-state index in [0.717, 1.165) is 34.9 Å². The molecule has 0 atom stereocenters. The van der Waals surface area contributed by atoms with Crippen molar-refractivity contribution < 1.29 is 13.2 Å². The fourth-order valence-corrected chi connectivity index (χ4v) is 3.30. The van der Waals surface area contributed by atoms with Crippen molar-refractivity contribution in [3.63, 3.8) is 0 Å². The second-order valence-corrected chi connectivity index (χ2v) is 5.80. The highest BCUT2D eigenvalue weighted by Gasteiger charge is 2.30. The average molecular weight is 311 g/mol. The van der Waals surface area contributed by atoms with Gasteiger partial charge in [0.05, 0.1) is 11.3 Å². The zero-order chi connectivity index (χ0) is 15.0. The topological polar surface area (TPSA) is 51.8 Å². The zero-order valence-corrected chi connectivity index (χ0v) is 11.8. The molecule has 2 heterocycles. The predicted molar refractivity (Wildman–Crippen MR) is 75.7 cm³/mol. The summed E-state index contributed by atoms with van der Waals surface area (Å²) in [5.41, 5.74) is 7.59. The number of nitrogens with zero attached hydrogens (tertiary/aromatic N) is 2. The van der Waals surface area contributed by atoms with Gasteiger partial charge in [-0.25, -0.2) is 9.97 Å². The molecule has 3 nitrogen and oxygen atoms in total. The number of nitrogens with two attached hydrogens (primary N) is 1. The van der Waals surface area contributed by atoms with Crippen LogP contribution in [0.25, 0.3) is 0 Å². The van der Waals surface area contributed by atoms with E-state index in [0.29, 0.717) is 17.2 Å². The molecule has 0 saturated heterocycles. The molecule has 2 N–H and O–H groups in total. The van der Waals surface area contributed by atoms with E-state index in [-0.39, 0.29) is 6.42 Å². The molecule has 0 amide bonds. The summed E-state index contributed by atoms with van der Waals surface area (Å²) >= 11 is 1.71. The van der Waals surface area contributed by atoms with Gasteiger partial charge in [0.15, 0.2) is 0 Å². The van der Waals surface area contributed by atoms with Crippen LogP contribution in [0.4, 0.5) is 19.0 Å². The van der Waals surface area contributed by atoms with Gasteiger partial charge < -0.3 is 5.73 Å². The highest BCUT2D eigenvalue weighted by atomic mass is 32.2. The van der Waals surface area contributed by atoms with E-state index in [2.05, 4.69) is 9.97 Å². The van der Waals surface area contributed by atoms with Crippen LogP contribution in [0.15, 0.2) is 24.3 Å². The molecule has 2 aromatic rings. The number of rotatable bonds is 2. The van der Waals surface area contributed by atoms with Crippen LogP contribution in [0, 0.1) is 0 Å². The van der Waals surface area contributed by atoms with Crippen molar-refractivity contribution in [1.29, 1.82) is 0 Å². The quantitative estimate of drug-likeness (QED) is 0.923. The number of nitrogen functional groups attached to an aromatic ring is 1.